The number of para-hydroxylation sites is 2. The van der Waals surface area contributed by atoms with Crippen LogP contribution in [0.4, 0.5) is 4.39 Å². The van der Waals surface area contributed by atoms with Gasteiger partial charge in [0, 0.05) is 19.0 Å². The predicted octanol–water partition coefficient (Wildman–Crippen LogP) is 3.08. The lowest BCUT2D eigenvalue weighted by atomic mass is 9.97. The molecule has 1 N–H and O–H groups in total. The van der Waals surface area contributed by atoms with Gasteiger partial charge in [-0.2, -0.15) is 4.31 Å². The molecule has 1 fully saturated rings. The van der Waals surface area contributed by atoms with Crippen LogP contribution in [0.5, 0.6) is 11.5 Å². The van der Waals surface area contributed by atoms with Gasteiger partial charge in [0.2, 0.25) is 15.9 Å². The number of carbonyl (C=O) groups excluding carboxylic acids is 1. The van der Waals surface area contributed by atoms with E-state index in [9.17, 15) is 17.6 Å². The van der Waals surface area contributed by atoms with Crippen molar-refractivity contribution in [1.82, 2.24) is 9.62 Å². The first kappa shape index (κ1) is 23.3. The maximum Gasteiger partial charge on any atom is 0.243 e. The van der Waals surface area contributed by atoms with Gasteiger partial charge in [0.1, 0.15) is 12.4 Å². The molecule has 2 aromatic rings. The SMILES string of the molecule is COc1ccccc1OCCNC(=O)C1CCN(S(=O)(=O)c2ccc(F)c(Cl)c2)CC1. The number of methoxy groups -OCH3 is 1. The molecule has 168 valence electrons. The molecule has 0 aliphatic carbocycles. The molecule has 3 rings (SSSR count). The van der Waals surface area contributed by atoms with Gasteiger partial charge in [-0.3, -0.25) is 4.79 Å². The summed E-state index contributed by atoms with van der Waals surface area (Å²) >= 11 is 5.71. The fraction of sp³-hybridized carbons (Fsp3) is 0.381. The summed E-state index contributed by atoms with van der Waals surface area (Å²) in [7, 11) is -2.23. The Kier molecular flexibility index (Phi) is 7.74. The minimum Gasteiger partial charge on any atom is -0.493 e. The molecule has 0 saturated carbocycles. The number of nitrogens with zero attached hydrogens (tertiary/aromatic N) is 1. The van der Waals surface area contributed by atoms with Crippen molar-refractivity contribution in [3.63, 3.8) is 0 Å². The van der Waals surface area contributed by atoms with Crippen LogP contribution in [-0.4, -0.2) is 52.0 Å². The average molecular weight is 471 g/mol. The van der Waals surface area contributed by atoms with Crippen molar-refractivity contribution in [2.75, 3.05) is 33.4 Å². The number of halogens is 2. The highest BCUT2D eigenvalue weighted by Gasteiger charge is 2.32. The monoisotopic (exact) mass is 470 g/mol. The van der Waals surface area contributed by atoms with Crippen LogP contribution in [-0.2, 0) is 14.8 Å². The molecule has 2 aromatic carbocycles. The zero-order chi connectivity index (χ0) is 22.4. The van der Waals surface area contributed by atoms with Crippen molar-refractivity contribution >= 4 is 27.5 Å². The van der Waals surface area contributed by atoms with Gasteiger partial charge in [-0.15, -0.1) is 0 Å². The average Bonchev–Trinajstić information content (AvgIpc) is 2.78. The van der Waals surface area contributed by atoms with Crippen LogP contribution in [0.3, 0.4) is 0 Å². The van der Waals surface area contributed by atoms with Gasteiger partial charge in [-0.25, -0.2) is 12.8 Å². The highest BCUT2D eigenvalue weighted by Crippen LogP contribution is 2.27. The number of ether oxygens (including phenoxy) is 2. The second kappa shape index (κ2) is 10.3. The molecule has 1 amide bonds. The standard InChI is InChI=1S/C21H24ClFN2O5S/c1-29-19-4-2-3-5-20(19)30-13-10-24-21(26)15-8-11-25(12-9-15)31(27,28)16-6-7-18(23)17(22)14-16/h2-7,14-15H,8-13H2,1H3,(H,24,26). The molecule has 0 atom stereocenters. The van der Waals surface area contributed by atoms with E-state index >= 15 is 0 Å². The number of piperidine rings is 1. The van der Waals surface area contributed by atoms with E-state index in [0.29, 0.717) is 30.9 Å². The van der Waals surface area contributed by atoms with Gasteiger partial charge >= 0.3 is 0 Å². The molecule has 0 unspecified atom stereocenters. The Morgan fingerprint density at radius 2 is 1.87 bits per heavy atom. The van der Waals surface area contributed by atoms with Gasteiger partial charge in [0.15, 0.2) is 11.5 Å². The van der Waals surface area contributed by atoms with E-state index < -0.39 is 15.8 Å². The Bertz CT molecular complexity index is 1030. The Morgan fingerprint density at radius 3 is 2.52 bits per heavy atom. The van der Waals surface area contributed by atoms with Gasteiger partial charge in [-0.1, -0.05) is 23.7 Å². The summed E-state index contributed by atoms with van der Waals surface area (Å²) in [4.78, 5) is 12.4. The first-order valence-electron chi connectivity index (χ1n) is 9.81. The van der Waals surface area contributed by atoms with Crippen molar-refractivity contribution in [2.24, 2.45) is 5.92 Å². The molecule has 0 aromatic heterocycles. The Morgan fingerprint density at radius 1 is 1.19 bits per heavy atom. The summed E-state index contributed by atoms with van der Waals surface area (Å²) in [6, 6.07) is 10.6. The van der Waals surface area contributed by atoms with Crippen LogP contribution in [0.2, 0.25) is 5.02 Å². The van der Waals surface area contributed by atoms with Gasteiger partial charge in [-0.05, 0) is 43.2 Å². The third-order valence-electron chi connectivity index (χ3n) is 5.08. The number of amides is 1. The van der Waals surface area contributed by atoms with Crippen molar-refractivity contribution in [3.8, 4) is 11.5 Å². The largest absolute Gasteiger partial charge is 0.493 e. The normalized spacial score (nSPS) is 15.5. The molecule has 1 aliphatic heterocycles. The summed E-state index contributed by atoms with van der Waals surface area (Å²) in [6.45, 7) is 1.01. The molecule has 1 aliphatic rings. The quantitative estimate of drug-likeness (QED) is 0.599. The number of carbonyl (C=O) groups is 1. The zero-order valence-corrected chi connectivity index (χ0v) is 18.6. The summed E-state index contributed by atoms with van der Waals surface area (Å²) in [6.07, 6.45) is 0.792. The molecular formula is C21H24ClFN2O5S. The molecule has 10 heteroatoms. The fourth-order valence-electron chi connectivity index (χ4n) is 3.36. The summed E-state index contributed by atoms with van der Waals surface area (Å²) < 4.78 is 51.0. The molecule has 0 radical (unpaired) electrons. The Labute approximate surface area is 186 Å². The Balaban J connectivity index is 1.46. The zero-order valence-electron chi connectivity index (χ0n) is 17.0. The third-order valence-corrected chi connectivity index (χ3v) is 7.27. The predicted molar refractivity (Wildman–Crippen MR) is 114 cm³/mol. The topological polar surface area (TPSA) is 84.9 Å². The molecule has 0 spiro atoms. The molecule has 0 bridgehead atoms. The van der Waals surface area contributed by atoms with Crippen LogP contribution in [0.25, 0.3) is 0 Å². The maximum atomic E-state index is 13.3. The number of hydrogen-bond acceptors (Lipinski definition) is 5. The molecule has 7 nitrogen and oxygen atoms in total. The highest BCUT2D eigenvalue weighted by atomic mass is 35.5. The number of benzene rings is 2. The minimum absolute atomic E-state index is 0.0599. The number of sulfonamides is 1. The third kappa shape index (κ3) is 5.66. The second-order valence-corrected chi connectivity index (χ2v) is 9.39. The first-order valence-corrected chi connectivity index (χ1v) is 11.6. The van der Waals surface area contributed by atoms with E-state index in [2.05, 4.69) is 5.32 Å². The number of nitrogens with one attached hydrogen (secondary N) is 1. The number of hydrogen-bond donors (Lipinski definition) is 1. The fourth-order valence-corrected chi connectivity index (χ4v) is 5.10. The van der Waals surface area contributed by atoms with Crippen molar-refractivity contribution in [1.29, 1.82) is 0 Å². The van der Waals surface area contributed by atoms with Crippen LogP contribution < -0.4 is 14.8 Å². The van der Waals surface area contributed by atoms with Gasteiger partial charge in [0.05, 0.1) is 23.6 Å². The smallest absolute Gasteiger partial charge is 0.243 e. The van der Waals surface area contributed by atoms with E-state index in [0.717, 1.165) is 12.1 Å². The van der Waals surface area contributed by atoms with Crippen molar-refractivity contribution in [3.05, 3.63) is 53.3 Å². The van der Waals surface area contributed by atoms with E-state index in [1.165, 1.54) is 10.4 Å². The minimum atomic E-state index is -3.79. The van der Waals surface area contributed by atoms with Crippen molar-refractivity contribution < 1.29 is 27.1 Å². The van der Waals surface area contributed by atoms with Crippen molar-refractivity contribution in [2.45, 2.75) is 17.7 Å². The summed E-state index contributed by atoms with van der Waals surface area (Å²) in [5.74, 6) is 0.120. The van der Waals surface area contributed by atoms with Crippen LogP contribution in [0, 0.1) is 11.7 Å². The van der Waals surface area contributed by atoms with E-state index in [1.54, 1.807) is 19.2 Å². The maximum absolute atomic E-state index is 13.3. The van der Waals surface area contributed by atoms with Crippen LogP contribution in [0.1, 0.15) is 12.8 Å². The molecule has 1 heterocycles. The lowest BCUT2D eigenvalue weighted by molar-refractivity contribution is -0.126. The van der Waals surface area contributed by atoms with E-state index in [4.69, 9.17) is 21.1 Å². The van der Waals surface area contributed by atoms with E-state index in [-0.39, 0.29) is 41.4 Å². The van der Waals surface area contributed by atoms with Crippen LogP contribution >= 0.6 is 11.6 Å². The first-order chi connectivity index (χ1) is 14.8. The lowest BCUT2D eigenvalue weighted by Crippen LogP contribution is -2.43. The molecule has 31 heavy (non-hydrogen) atoms. The van der Waals surface area contributed by atoms with Gasteiger partial charge in [0.25, 0.3) is 0 Å². The molecular weight excluding hydrogens is 447 g/mol. The van der Waals surface area contributed by atoms with Crippen LogP contribution in [0.15, 0.2) is 47.4 Å². The Hall–Kier alpha value is -2.36. The summed E-state index contributed by atoms with van der Waals surface area (Å²) in [5, 5.41) is 2.58. The number of rotatable bonds is 8. The molecule has 1 saturated heterocycles. The second-order valence-electron chi connectivity index (χ2n) is 7.04. The summed E-state index contributed by atoms with van der Waals surface area (Å²) in [5.41, 5.74) is 0. The van der Waals surface area contributed by atoms with E-state index in [1.807, 2.05) is 12.1 Å². The lowest BCUT2D eigenvalue weighted by Gasteiger charge is -2.30. The highest BCUT2D eigenvalue weighted by molar-refractivity contribution is 7.89. The van der Waals surface area contributed by atoms with Gasteiger partial charge < -0.3 is 14.8 Å².